The first-order valence-corrected chi connectivity index (χ1v) is 6.01. The van der Waals surface area contributed by atoms with E-state index in [1.54, 1.807) is 12.1 Å². The molecule has 2 aliphatic rings. The predicted octanol–water partition coefficient (Wildman–Crippen LogP) is 1.74. The lowest BCUT2D eigenvalue weighted by Crippen LogP contribution is -2.37. The fourth-order valence-corrected chi connectivity index (χ4v) is 3.16. The second kappa shape index (κ2) is 3.67. The van der Waals surface area contributed by atoms with E-state index >= 15 is 0 Å². The molecule has 0 amide bonds. The van der Waals surface area contributed by atoms with Crippen molar-refractivity contribution < 1.29 is 10.2 Å². The van der Waals surface area contributed by atoms with Gasteiger partial charge in [0.25, 0.3) is 0 Å². The minimum atomic E-state index is 0.0148. The number of phenols is 2. The molecular formula is C13H17NO2. The molecule has 3 heteroatoms. The zero-order valence-electron chi connectivity index (χ0n) is 9.24. The molecule has 3 nitrogen and oxygen atoms in total. The van der Waals surface area contributed by atoms with Gasteiger partial charge >= 0.3 is 0 Å². The largest absolute Gasteiger partial charge is 0.504 e. The Morgan fingerprint density at radius 1 is 1.12 bits per heavy atom. The van der Waals surface area contributed by atoms with Gasteiger partial charge in [0.05, 0.1) is 0 Å². The lowest BCUT2D eigenvalue weighted by molar-refractivity contribution is 0.289. The lowest BCUT2D eigenvalue weighted by atomic mass is 9.72. The van der Waals surface area contributed by atoms with Crippen LogP contribution in [0.5, 0.6) is 11.5 Å². The van der Waals surface area contributed by atoms with Crippen molar-refractivity contribution >= 4 is 0 Å². The van der Waals surface area contributed by atoms with Crippen LogP contribution in [0, 0.1) is 5.92 Å². The van der Waals surface area contributed by atoms with E-state index in [4.69, 9.17) is 0 Å². The van der Waals surface area contributed by atoms with E-state index in [0.717, 1.165) is 25.4 Å². The number of aryl methyl sites for hydroxylation is 1. The average molecular weight is 219 g/mol. The topological polar surface area (TPSA) is 52.5 Å². The molecular weight excluding hydrogens is 202 g/mol. The minimum Gasteiger partial charge on any atom is -0.504 e. The SMILES string of the molecule is Oc1cc2c(cc1O)[C@H]1CNCC[C@H]1CC2. The van der Waals surface area contributed by atoms with Crippen molar-refractivity contribution in [2.75, 3.05) is 13.1 Å². The molecule has 3 rings (SSSR count). The molecule has 2 atom stereocenters. The van der Waals surface area contributed by atoms with E-state index < -0.39 is 0 Å². The van der Waals surface area contributed by atoms with Gasteiger partial charge in [-0.25, -0.2) is 0 Å². The maximum absolute atomic E-state index is 9.60. The standard InChI is InChI=1S/C13H17NO2/c15-12-5-9-2-1-8-3-4-14-7-11(8)10(9)6-13(12)16/h5-6,8,11,14-16H,1-4,7H2/t8-,11+/m1/s1. The van der Waals surface area contributed by atoms with Crippen LogP contribution in [0.15, 0.2) is 12.1 Å². The van der Waals surface area contributed by atoms with Crippen LogP contribution in [0.3, 0.4) is 0 Å². The summed E-state index contributed by atoms with van der Waals surface area (Å²) in [5.41, 5.74) is 2.44. The van der Waals surface area contributed by atoms with Gasteiger partial charge in [-0.1, -0.05) is 0 Å². The van der Waals surface area contributed by atoms with Gasteiger partial charge in [0.15, 0.2) is 11.5 Å². The van der Waals surface area contributed by atoms with Gasteiger partial charge in [0, 0.05) is 6.54 Å². The summed E-state index contributed by atoms with van der Waals surface area (Å²) in [6, 6.07) is 3.49. The molecule has 1 saturated heterocycles. The number of hydrogen-bond acceptors (Lipinski definition) is 3. The Bertz CT molecular complexity index is 417. The molecule has 3 N–H and O–H groups in total. The number of phenolic OH excluding ortho intramolecular Hbond substituents is 2. The van der Waals surface area contributed by atoms with Crippen LogP contribution >= 0.6 is 0 Å². The molecule has 0 bridgehead atoms. The van der Waals surface area contributed by atoms with Crippen LogP contribution < -0.4 is 5.32 Å². The molecule has 16 heavy (non-hydrogen) atoms. The Morgan fingerprint density at radius 3 is 2.81 bits per heavy atom. The highest BCUT2D eigenvalue weighted by atomic mass is 16.3. The van der Waals surface area contributed by atoms with Crippen molar-refractivity contribution in [1.82, 2.24) is 5.32 Å². The van der Waals surface area contributed by atoms with Gasteiger partial charge in [0.1, 0.15) is 0 Å². The van der Waals surface area contributed by atoms with E-state index in [0.29, 0.717) is 5.92 Å². The number of benzene rings is 1. The quantitative estimate of drug-likeness (QED) is 0.582. The molecule has 0 spiro atoms. The predicted molar refractivity (Wildman–Crippen MR) is 61.8 cm³/mol. The van der Waals surface area contributed by atoms with Crippen LogP contribution in [0.2, 0.25) is 0 Å². The fourth-order valence-electron chi connectivity index (χ4n) is 3.16. The highest BCUT2D eigenvalue weighted by Crippen LogP contribution is 2.42. The second-order valence-electron chi connectivity index (χ2n) is 4.94. The van der Waals surface area contributed by atoms with Gasteiger partial charge in [-0.3, -0.25) is 0 Å². The van der Waals surface area contributed by atoms with Gasteiger partial charge in [-0.05, 0) is 60.9 Å². The maximum atomic E-state index is 9.60. The zero-order chi connectivity index (χ0) is 11.1. The van der Waals surface area contributed by atoms with Crippen molar-refractivity contribution in [2.24, 2.45) is 5.92 Å². The first-order valence-electron chi connectivity index (χ1n) is 6.01. The third-order valence-electron chi connectivity index (χ3n) is 4.05. The van der Waals surface area contributed by atoms with Crippen molar-refractivity contribution in [3.8, 4) is 11.5 Å². The number of aromatic hydroxyl groups is 2. The molecule has 0 saturated carbocycles. The first kappa shape index (κ1) is 9.97. The van der Waals surface area contributed by atoms with Gasteiger partial charge in [0.2, 0.25) is 0 Å². The molecule has 1 aromatic carbocycles. The van der Waals surface area contributed by atoms with Crippen molar-refractivity contribution in [1.29, 1.82) is 0 Å². The summed E-state index contributed by atoms with van der Waals surface area (Å²) >= 11 is 0. The van der Waals surface area contributed by atoms with Gasteiger partial charge in [-0.15, -0.1) is 0 Å². The van der Waals surface area contributed by atoms with E-state index in [2.05, 4.69) is 5.32 Å². The Morgan fingerprint density at radius 2 is 1.94 bits per heavy atom. The molecule has 86 valence electrons. The molecule has 0 unspecified atom stereocenters. The summed E-state index contributed by atoms with van der Waals surface area (Å²) in [6.07, 6.45) is 3.47. The number of hydrogen-bond donors (Lipinski definition) is 3. The van der Waals surface area contributed by atoms with E-state index in [1.165, 1.54) is 24.0 Å². The van der Waals surface area contributed by atoms with E-state index in [1.807, 2.05) is 0 Å². The molecule has 1 aliphatic heterocycles. The lowest BCUT2D eigenvalue weighted by Gasteiger charge is -2.37. The summed E-state index contributed by atoms with van der Waals surface area (Å²) < 4.78 is 0. The summed E-state index contributed by atoms with van der Waals surface area (Å²) in [7, 11) is 0. The monoisotopic (exact) mass is 219 g/mol. The summed E-state index contributed by atoms with van der Waals surface area (Å²) in [4.78, 5) is 0. The Kier molecular flexibility index (Phi) is 2.28. The number of nitrogens with one attached hydrogen (secondary N) is 1. The average Bonchev–Trinajstić information content (AvgIpc) is 2.31. The molecule has 0 radical (unpaired) electrons. The van der Waals surface area contributed by atoms with Crippen molar-refractivity contribution in [3.63, 3.8) is 0 Å². The Hall–Kier alpha value is -1.22. The van der Waals surface area contributed by atoms with Crippen LogP contribution in [0.25, 0.3) is 0 Å². The molecule has 1 aliphatic carbocycles. The highest BCUT2D eigenvalue weighted by Gasteiger charge is 2.32. The minimum absolute atomic E-state index is 0.0148. The highest BCUT2D eigenvalue weighted by molar-refractivity contribution is 5.48. The van der Waals surface area contributed by atoms with Crippen LogP contribution in [0.1, 0.15) is 29.9 Å². The summed E-state index contributed by atoms with van der Waals surface area (Å²) in [6.45, 7) is 2.11. The number of piperidine rings is 1. The number of fused-ring (bicyclic) bond motifs is 3. The van der Waals surface area contributed by atoms with Crippen LogP contribution in [0.4, 0.5) is 0 Å². The third kappa shape index (κ3) is 1.47. The maximum Gasteiger partial charge on any atom is 0.157 e. The van der Waals surface area contributed by atoms with E-state index in [-0.39, 0.29) is 11.5 Å². The van der Waals surface area contributed by atoms with E-state index in [9.17, 15) is 10.2 Å². The van der Waals surface area contributed by atoms with Gasteiger partial charge < -0.3 is 15.5 Å². The Labute approximate surface area is 95.1 Å². The Balaban J connectivity index is 2.04. The normalized spacial score (nSPS) is 28.2. The molecule has 1 heterocycles. The smallest absolute Gasteiger partial charge is 0.157 e. The summed E-state index contributed by atoms with van der Waals surface area (Å²) in [5, 5.41) is 22.5. The fraction of sp³-hybridized carbons (Fsp3) is 0.538. The molecule has 0 aromatic heterocycles. The third-order valence-corrected chi connectivity index (χ3v) is 4.05. The van der Waals surface area contributed by atoms with Crippen LogP contribution in [-0.4, -0.2) is 23.3 Å². The first-order chi connectivity index (χ1) is 7.75. The molecule has 1 fully saturated rings. The van der Waals surface area contributed by atoms with Crippen molar-refractivity contribution in [3.05, 3.63) is 23.3 Å². The second-order valence-corrected chi connectivity index (χ2v) is 4.94. The van der Waals surface area contributed by atoms with Crippen LogP contribution in [-0.2, 0) is 6.42 Å². The zero-order valence-corrected chi connectivity index (χ0v) is 9.24. The van der Waals surface area contributed by atoms with Crippen molar-refractivity contribution in [2.45, 2.75) is 25.2 Å². The van der Waals surface area contributed by atoms with Gasteiger partial charge in [-0.2, -0.15) is 0 Å². The summed E-state index contributed by atoms with van der Waals surface area (Å²) in [5.74, 6) is 1.30. The number of rotatable bonds is 0. The molecule has 1 aromatic rings.